The van der Waals surface area contributed by atoms with Gasteiger partial charge in [0, 0.05) is 0 Å². The minimum atomic E-state index is -0.738. The Morgan fingerprint density at radius 3 is 2.40 bits per heavy atom. The molecule has 0 saturated heterocycles. The number of nitrogens with two attached hydrogens (primary N) is 1. The van der Waals surface area contributed by atoms with Crippen molar-refractivity contribution in [3.8, 4) is 0 Å². The van der Waals surface area contributed by atoms with Crippen molar-refractivity contribution in [1.29, 1.82) is 0 Å². The highest BCUT2D eigenvalue weighted by molar-refractivity contribution is 5.82. The van der Waals surface area contributed by atoms with E-state index in [-0.39, 0.29) is 0 Å². The summed E-state index contributed by atoms with van der Waals surface area (Å²) < 4.78 is 4.30. The van der Waals surface area contributed by atoms with Gasteiger partial charge in [-0.15, -0.1) is 0 Å². The molecule has 2 amide bonds. The maximum absolute atomic E-state index is 10.6. The van der Waals surface area contributed by atoms with Crippen LogP contribution in [0.1, 0.15) is 6.92 Å². The van der Waals surface area contributed by atoms with Crippen LogP contribution in [0.25, 0.3) is 0 Å². The molecule has 0 bridgehead atoms. The molecule has 58 valence electrons. The van der Waals surface area contributed by atoms with Crippen molar-refractivity contribution in [3.05, 3.63) is 0 Å². The van der Waals surface area contributed by atoms with Gasteiger partial charge in [-0.2, -0.15) is 0 Å². The maximum atomic E-state index is 10.6. The second-order valence-corrected chi connectivity index (χ2v) is 1.75. The van der Waals surface area contributed by atoms with Gasteiger partial charge in [0.05, 0.1) is 7.11 Å². The molecule has 0 aromatic heterocycles. The Bertz CT molecular complexity index is 146. The zero-order chi connectivity index (χ0) is 8.15. The van der Waals surface area contributed by atoms with Crippen molar-refractivity contribution in [1.82, 2.24) is 5.32 Å². The Balaban J connectivity index is 3.72. The van der Waals surface area contributed by atoms with Crippen LogP contribution in [0.3, 0.4) is 0 Å². The molecule has 1 unspecified atom stereocenters. The average Bonchev–Trinajstić information content (AvgIpc) is 1.85. The molecule has 1 atom stereocenters. The summed E-state index contributed by atoms with van der Waals surface area (Å²) in [6.07, 6.45) is 0. The zero-order valence-electron chi connectivity index (χ0n) is 5.88. The van der Waals surface area contributed by atoms with Crippen LogP contribution in [0.2, 0.25) is 0 Å². The lowest BCUT2D eigenvalue weighted by Crippen LogP contribution is -2.42. The first-order chi connectivity index (χ1) is 4.57. The topological polar surface area (TPSA) is 81.4 Å². The van der Waals surface area contributed by atoms with Crippen LogP contribution < -0.4 is 11.1 Å². The molecule has 0 rings (SSSR count). The van der Waals surface area contributed by atoms with Crippen molar-refractivity contribution >= 4 is 12.0 Å². The van der Waals surface area contributed by atoms with Gasteiger partial charge in [0.25, 0.3) is 0 Å². The summed E-state index contributed by atoms with van der Waals surface area (Å²) >= 11 is 0. The lowest BCUT2D eigenvalue weighted by Gasteiger charge is -2.07. The highest BCUT2D eigenvalue weighted by Gasteiger charge is 2.12. The summed E-state index contributed by atoms with van der Waals surface area (Å²) in [7, 11) is 1.24. The fraction of sp³-hybridized carbons (Fsp3) is 0.600. The number of rotatable bonds is 2. The number of methoxy groups -OCH3 is 1. The summed E-state index contributed by atoms with van der Waals surface area (Å²) in [4.78, 5) is 20.7. The number of nitrogens with one attached hydrogen (secondary N) is 1. The molecule has 5 nitrogen and oxygen atoms in total. The predicted molar refractivity (Wildman–Crippen MR) is 34.2 cm³/mol. The molecule has 10 heavy (non-hydrogen) atoms. The van der Waals surface area contributed by atoms with E-state index in [0.29, 0.717) is 0 Å². The molecule has 0 aliphatic heterocycles. The summed E-state index contributed by atoms with van der Waals surface area (Å²) in [6.45, 7) is 1.48. The van der Waals surface area contributed by atoms with E-state index in [1.165, 1.54) is 14.0 Å². The molecule has 3 N–H and O–H groups in total. The molecule has 0 aliphatic rings. The second kappa shape index (κ2) is 3.71. The number of ether oxygens (including phenoxy) is 1. The van der Waals surface area contributed by atoms with Crippen molar-refractivity contribution < 1.29 is 14.3 Å². The zero-order valence-corrected chi connectivity index (χ0v) is 5.88. The molecule has 0 aromatic rings. The van der Waals surface area contributed by atoms with Crippen LogP contribution >= 0.6 is 0 Å². The number of carbonyl (C=O) groups excluding carboxylic acids is 2. The smallest absolute Gasteiger partial charge is 0.328 e. The first-order valence-electron chi connectivity index (χ1n) is 2.71. The van der Waals surface area contributed by atoms with E-state index in [0.717, 1.165) is 0 Å². The highest BCUT2D eigenvalue weighted by atomic mass is 16.5. The third kappa shape index (κ3) is 2.91. The Morgan fingerprint density at radius 1 is 1.60 bits per heavy atom. The first-order valence-corrected chi connectivity index (χ1v) is 2.71. The number of esters is 1. The van der Waals surface area contributed by atoms with E-state index in [4.69, 9.17) is 5.73 Å². The van der Waals surface area contributed by atoms with E-state index >= 15 is 0 Å². The minimum Gasteiger partial charge on any atom is -0.467 e. The van der Waals surface area contributed by atoms with Crippen LogP contribution in [0.4, 0.5) is 4.79 Å². The van der Waals surface area contributed by atoms with E-state index in [9.17, 15) is 9.59 Å². The van der Waals surface area contributed by atoms with Crippen molar-refractivity contribution in [2.24, 2.45) is 5.73 Å². The van der Waals surface area contributed by atoms with Gasteiger partial charge >= 0.3 is 12.0 Å². The molecule has 0 radical (unpaired) electrons. The maximum Gasteiger partial charge on any atom is 0.328 e. The van der Waals surface area contributed by atoms with Crippen LogP contribution in [0.15, 0.2) is 0 Å². The number of urea groups is 1. The summed E-state index contributed by atoms with van der Waals surface area (Å²) in [5.41, 5.74) is 4.73. The van der Waals surface area contributed by atoms with Gasteiger partial charge in [0.2, 0.25) is 0 Å². The molecule has 0 fully saturated rings. The highest BCUT2D eigenvalue weighted by Crippen LogP contribution is 1.83. The van der Waals surface area contributed by atoms with Gasteiger partial charge in [-0.05, 0) is 6.92 Å². The Morgan fingerprint density at radius 2 is 2.10 bits per heavy atom. The SMILES string of the molecule is COC(=O)C(C)NC(N)=O. The van der Waals surface area contributed by atoms with Gasteiger partial charge in [-0.1, -0.05) is 0 Å². The quantitative estimate of drug-likeness (QED) is 0.501. The van der Waals surface area contributed by atoms with Gasteiger partial charge in [0.15, 0.2) is 0 Å². The van der Waals surface area contributed by atoms with E-state index in [1.807, 2.05) is 0 Å². The molecular formula is C5H10N2O3. The van der Waals surface area contributed by atoms with E-state index < -0.39 is 18.0 Å². The van der Waals surface area contributed by atoms with Crippen LogP contribution in [-0.4, -0.2) is 25.2 Å². The number of hydrogen-bond donors (Lipinski definition) is 2. The lowest BCUT2D eigenvalue weighted by molar-refractivity contribution is -0.142. The molecule has 5 heteroatoms. The monoisotopic (exact) mass is 146 g/mol. The van der Waals surface area contributed by atoms with Crippen molar-refractivity contribution in [3.63, 3.8) is 0 Å². The second-order valence-electron chi connectivity index (χ2n) is 1.75. The molecule has 0 aliphatic carbocycles. The number of hydrogen-bond acceptors (Lipinski definition) is 3. The van der Waals surface area contributed by atoms with Crippen LogP contribution in [0, 0.1) is 0 Å². The molecule has 0 heterocycles. The largest absolute Gasteiger partial charge is 0.467 e. The van der Waals surface area contributed by atoms with Crippen LogP contribution in [0.5, 0.6) is 0 Å². The number of carbonyl (C=O) groups is 2. The number of amides is 2. The fourth-order valence-electron chi connectivity index (χ4n) is 0.449. The number of primary amides is 1. The van der Waals surface area contributed by atoms with Crippen molar-refractivity contribution in [2.45, 2.75) is 13.0 Å². The third-order valence-corrected chi connectivity index (χ3v) is 0.914. The van der Waals surface area contributed by atoms with Crippen LogP contribution in [-0.2, 0) is 9.53 Å². The van der Waals surface area contributed by atoms with Crippen molar-refractivity contribution in [2.75, 3.05) is 7.11 Å². The fourth-order valence-corrected chi connectivity index (χ4v) is 0.449. The van der Waals surface area contributed by atoms with Gasteiger partial charge < -0.3 is 15.8 Å². The molecule has 0 spiro atoms. The predicted octanol–water partition coefficient (Wildman–Crippen LogP) is -0.784. The van der Waals surface area contributed by atoms with Gasteiger partial charge in [-0.25, -0.2) is 9.59 Å². The summed E-state index contributed by atoms with van der Waals surface area (Å²) in [5.74, 6) is -0.515. The molecular weight excluding hydrogens is 136 g/mol. The molecule has 0 saturated carbocycles. The summed E-state index contributed by atoms with van der Waals surface area (Å²) in [6, 6.07) is -1.42. The minimum absolute atomic E-state index is 0.515. The third-order valence-electron chi connectivity index (χ3n) is 0.914. The van der Waals surface area contributed by atoms with E-state index in [2.05, 4.69) is 10.1 Å². The van der Waals surface area contributed by atoms with E-state index in [1.54, 1.807) is 0 Å². The van der Waals surface area contributed by atoms with Gasteiger partial charge in [-0.3, -0.25) is 0 Å². The Kier molecular flexibility index (Phi) is 3.24. The normalized spacial score (nSPS) is 11.8. The standard InChI is InChI=1S/C5H10N2O3/c1-3(4(8)10-2)7-5(6)9/h3H,1-2H3,(H3,6,7,9). The average molecular weight is 146 g/mol. The Hall–Kier alpha value is -1.26. The molecule has 0 aromatic carbocycles. The lowest BCUT2D eigenvalue weighted by atomic mass is 10.3. The van der Waals surface area contributed by atoms with Gasteiger partial charge in [0.1, 0.15) is 6.04 Å². The first kappa shape index (κ1) is 8.74. The summed E-state index contributed by atoms with van der Waals surface area (Å²) in [5, 5.41) is 2.16. The Labute approximate surface area is 58.5 Å².